The SMILES string of the molecule is Cc1nc(CCNC(=O)NC2CCCC(C(=O)O)C2)cs1. The Morgan fingerprint density at radius 3 is 2.95 bits per heavy atom. The number of amides is 2. The molecule has 1 heterocycles. The molecule has 21 heavy (non-hydrogen) atoms. The van der Waals surface area contributed by atoms with Crippen molar-refractivity contribution in [3.8, 4) is 0 Å². The molecule has 116 valence electrons. The summed E-state index contributed by atoms with van der Waals surface area (Å²) in [5.41, 5.74) is 0.987. The van der Waals surface area contributed by atoms with Gasteiger partial charge in [-0.25, -0.2) is 9.78 Å². The molecule has 2 amide bonds. The van der Waals surface area contributed by atoms with E-state index in [1.165, 1.54) is 0 Å². The molecule has 2 rings (SSSR count). The number of urea groups is 1. The van der Waals surface area contributed by atoms with Crippen LogP contribution in [-0.4, -0.2) is 34.7 Å². The minimum atomic E-state index is -0.763. The van der Waals surface area contributed by atoms with E-state index in [-0.39, 0.29) is 18.0 Å². The lowest BCUT2D eigenvalue weighted by atomic mass is 9.86. The Hall–Kier alpha value is -1.63. The van der Waals surface area contributed by atoms with Crippen LogP contribution in [0.25, 0.3) is 0 Å². The highest BCUT2D eigenvalue weighted by atomic mass is 32.1. The molecule has 7 heteroatoms. The molecule has 1 fully saturated rings. The molecule has 0 spiro atoms. The lowest BCUT2D eigenvalue weighted by Crippen LogP contribution is -2.45. The van der Waals surface area contributed by atoms with Crippen LogP contribution in [0.4, 0.5) is 4.79 Å². The second-order valence-electron chi connectivity index (χ2n) is 5.41. The van der Waals surface area contributed by atoms with E-state index in [1.54, 1.807) is 11.3 Å². The first-order valence-electron chi connectivity index (χ1n) is 7.23. The predicted molar refractivity (Wildman–Crippen MR) is 80.5 cm³/mol. The maximum absolute atomic E-state index is 11.8. The molecular weight excluding hydrogens is 290 g/mol. The van der Waals surface area contributed by atoms with Crippen LogP contribution in [0.5, 0.6) is 0 Å². The lowest BCUT2D eigenvalue weighted by molar-refractivity contribution is -0.143. The number of aromatic nitrogens is 1. The van der Waals surface area contributed by atoms with Crippen molar-refractivity contribution in [1.82, 2.24) is 15.6 Å². The molecule has 0 radical (unpaired) electrons. The quantitative estimate of drug-likeness (QED) is 0.775. The van der Waals surface area contributed by atoms with E-state index in [0.717, 1.165) is 23.5 Å². The zero-order valence-corrected chi connectivity index (χ0v) is 12.9. The van der Waals surface area contributed by atoms with Crippen LogP contribution >= 0.6 is 11.3 Å². The molecule has 0 bridgehead atoms. The molecule has 1 aliphatic rings. The van der Waals surface area contributed by atoms with E-state index in [0.29, 0.717) is 25.8 Å². The lowest BCUT2D eigenvalue weighted by Gasteiger charge is -2.27. The Balaban J connectivity index is 1.68. The van der Waals surface area contributed by atoms with Gasteiger partial charge in [-0.15, -0.1) is 11.3 Å². The van der Waals surface area contributed by atoms with Gasteiger partial charge in [-0.3, -0.25) is 4.79 Å². The average Bonchev–Trinajstić information content (AvgIpc) is 2.84. The van der Waals surface area contributed by atoms with Crippen molar-refractivity contribution in [3.63, 3.8) is 0 Å². The van der Waals surface area contributed by atoms with E-state index < -0.39 is 5.97 Å². The zero-order chi connectivity index (χ0) is 15.2. The summed E-state index contributed by atoms with van der Waals surface area (Å²) >= 11 is 1.60. The number of carbonyl (C=O) groups excluding carboxylic acids is 1. The van der Waals surface area contributed by atoms with Crippen LogP contribution in [0.15, 0.2) is 5.38 Å². The maximum atomic E-state index is 11.8. The Kier molecular flexibility index (Phi) is 5.55. The number of rotatable bonds is 5. The van der Waals surface area contributed by atoms with Crippen molar-refractivity contribution >= 4 is 23.3 Å². The van der Waals surface area contributed by atoms with Crippen molar-refractivity contribution in [2.75, 3.05) is 6.54 Å². The van der Waals surface area contributed by atoms with Gasteiger partial charge >= 0.3 is 12.0 Å². The van der Waals surface area contributed by atoms with Gasteiger partial charge in [0.2, 0.25) is 0 Å². The molecule has 1 aliphatic carbocycles. The molecule has 2 atom stereocenters. The standard InChI is InChI=1S/C14H21N3O3S/c1-9-16-12(8-21-9)5-6-15-14(20)17-11-4-2-3-10(7-11)13(18)19/h8,10-11H,2-7H2,1H3,(H,18,19)(H2,15,17,20). The third-order valence-corrected chi connectivity index (χ3v) is 4.51. The van der Waals surface area contributed by atoms with Crippen molar-refractivity contribution in [2.24, 2.45) is 5.92 Å². The first kappa shape index (κ1) is 15.8. The number of carbonyl (C=O) groups is 2. The summed E-state index contributed by atoms with van der Waals surface area (Å²) in [6.07, 6.45) is 3.63. The summed E-state index contributed by atoms with van der Waals surface area (Å²) in [5.74, 6) is -1.09. The number of aliphatic carboxylic acids is 1. The Bertz CT molecular complexity index is 503. The Labute approximate surface area is 128 Å². The minimum Gasteiger partial charge on any atom is -0.481 e. The van der Waals surface area contributed by atoms with E-state index in [2.05, 4.69) is 15.6 Å². The first-order chi connectivity index (χ1) is 10.0. The zero-order valence-electron chi connectivity index (χ0n) is 12.1. The second kappa shape index (κ2) is 7.40. The number of carboxylic acid groups (broad SMARTS) is 1. The fraction of sp³-hybridized carbons (Fsp3) is 0.643. The highest BCUT2D eigenvalue weighted by Gasteiger charge is 2.27. The number of thiazole rings is 1. The molecule has 1 aromatic heterocycles. The maximum Gasteiger partial charge on any atom is 0.315 e. The van der Waals surface area contributed by atoms with Gasteiger partial charge in [0, 0.05) is 24.4 Å². The van der Waals surface area contributed by atoms with Crippen LogP contribution in [0.1, 0.15) is 36.4 Å². The largest absolute Gasteiger partial charge is 0.481 e. The summed E-state index contributed by atoms with van der Waals surface area (Å²) < 4.78 is 0. The average molecular weight is 311 g/mol. The molecule has 1 saturated carbocycles. The van der Waals surface area contributed by atoms with Crippen molar-refractivity contribution in [2.45, 2.75) is 45.1 Å². The highest BCUT2D eigenvalue weighted by Crippen LogP contribution is 2.24. The second-order valence-corrected chi connectivity index (χ2v) is 6.47. The predicted octanol–water partition coefficient (Wildman–Crippen LogP) is 1.94. The number of carboxylic acids is 1. The summed E-state index contributed by atoms with van der Waals surface area (Å²) in [6, 6.07) is -0.264. The molecule has 1 aromatic rings. The summed E-state index contributed by atoms with van der Waals surface area (Å²) in [4.78, 5) is 27.1. The summed E-state index contributed by atoms with van der Waals surface area (Å²) in [5, 5.41) is 17.7. The molecule has 0 saturated heterocycles. The van der Waals surface area contributed by atoms with Gasteiger partial charge in [-0.05, 0) is 26.2 Å². The number of nitrogens with one attached hydrogen (secondary N) is 2. The molecule has 0 aromatic carbocycles. The number of aryl methyl sites for hydroxylation is 1. The van der Waals surface area contributed by atoms with Crippen LogP contribution in [0.3, 0.4) is 0 Å². The third-order valence-electron chi connectivity index (χ3n) is 3.69. The first-order valence-corrected chi connectivity index (χ1v) is 8.10. The number of hydrogen-bond donors (Lipinski definition) is 3. The van der Waals surface area contributed by atoms with Crippen molar-refractivity contribution in [1.29, 1.82) is 0 Å². The summed E-state index contributed by atoms with van der Waals surface area (Å²) in [6.45, 7) is 2.49. The molecule has 6 nitrogen and oxygen atoms in total. The smallest absolute Gasteiger partial charge is 0.315 e. The van der Waals surface area contributed by atoms with Crippen LogP contribution in [0.2, 0.25) is 0 Å². The number of nitrogens with zero attached hydrogens (tertiary/aromatic N) is 1. The number of hydrogen-bond acceptors (Lipinski definition) is 4. The van der Waals surface area contributed by atoms with Crippen LogP contribution in [-0.2, 0) is 11.2 Å². The van der Waals surface area contributed by atoms with Gasteiger partial charge in [0.05, 0.1) is 16.6 Å². The van der Waals surface area contributed by atoms with E-state index >= 15 is 0 Å². The normalized spacial score (nSPS) is 21.8. The van der Waals surface area contributed by atoms with Gasteiger partial charge in [0.25, 0.3) is 0 Å². The topological polar surface area (TPSA) is 91.3 Å². The molecule has 2 unspecified atom stereocenters. The van der Waals surface area contributed by atoms with Crippen LogP contribution < -0.4 is 10.6 Å². The monoisotopic (exact) mass is 311 g/mol. The Morgan fingerprint density at radius 1 is 1.48 bits per heavy atom. The fourth-order valence-corrected chi connectivity index (χ4v) is 3.26. The van der Waals surface area contributed by atoms with Gasteiger partial charge in [-0.1, -0.05) is 6.42 Å². The molecular formula is C14H21N3O3S. The Morgan fingerprint density at radius 2 is 2.29 bits per heavy atom. The van der Waals surface area contributed by atoms with E-state index in [1.807, 2.05) is 12.3 Å². The van der Waals surface area contributed by atoms with E-state index in [9.17, 15) is 9.59 Å². The molecule has 0 aliphatic heterocycles. The summed E-state index contributed by atoms with van der Waals surface area (Å²) in [7, 11) is 0. The van der Waals surface area contributed by atoms with Crippen LogP contribution in [0, 0.1) is 12.8 Å². The van der Waals surface area contributed by atoms with Gasteiger partial charge in [0.15, 0.2) is 0 Å². The molecule has 3 N–H and O–H groups in total. The van der Waals surface area contributed by atoms with Crippen molar-refractivity contribution in [3.05, 3.63) is 16.1 Å². The third kappa shape index (κ3) is 5.00. The van der Waals surface area contributed by atoms with E-state index in [4.69, 9.17) is 5.11 Å². The van der Waals surface area contributed by atoms with Gasteiger partial charge < -0.3 is 15.7 Å². The highest BCUT2D eigenvalue weighted by molar-refractivity contribution is 7.09. The van der Waals surface area contributed by atoms with Crippen molar-refractivity contribution < 1.29 is 14.7 Å². The van der Waals surface area contributed by atoms with Gasteiger partial charge in [0.1, 0.15) is 0 Å². The fourth-order valence-electron chi connectivity index (χ4n) is 2.61. The minimum absolute atomic E-state index is 0.0404. The van der Waals surface area contributed by atoms with Gasteiger partial charge in [-0.2, -0.15) is 0 Å².